The maximum atomic E-state index is 12.6. The number of methoxy groups -OCH3 is 1. The van der Waals surface area contributed by atoms with Gasteiger partial charge in [-0.2, -0.15) is 0 Å². The molecule has 3 rings (SSSR count). The number of aromatic nitrogens is 2. The van der Waals surface area contributed by atoms with Crippen LogP contribution in [0.4, 0.5) is 5.13 Å². The first-order valence-corrected chi connectivity index (χ1v) is 10.1. The number of rotatable bonds is 9. The molecule has 1 aromatic heterocycles. The zero-order valence-corrected chi connectivity index (χ0v) is 16.4. The van der Waals surface area contributed by atoms with Crippen molar-refractivity contribution in [1.82, 2.24) is 10.2 Å². The smallest absolute Gasteiger partial charge is 0.261 e. The van der Waals surface area contributed by atoms with Crippen molar-refractivity contribution in [3.05, 3.63) is 65.7 Å². The lowest BCUT2D eigenvalue weighted by Crippen LogP contribution is -2.14. The molecule has 0 fully saturated rings. The van der Waals surface area contributed by atoms with E-state index in [1.807, 2.05) is 24.3 Å². The molecule has 1 amide bonds. The van der Waals surface area contributed by atoms with Crippen molar-refractivity contribution in [1.29, 1.82) is 0 Å². The van der Waals surface area contributed by atoms with Crippen LogP contribution in [0.2, 0.25) is 0 Å². The van der Waals surface area contributed by atoms with Crippen molar-refractivity contribution in [3.8, 4) is 5.75 Å². The van der Waals surface area contributed by atoms with Crippen LogP contribution in [0, 0.1) is 0 Å². The summed E-state index contributed by atoms with van der Waals surface area (Å²) in [5, 5.41) is 11.4. The maximum absolute atomic E-state index is 12.6. The number of nitrogens with one attached hydrogen (secondary N) is 1. The second-order valence-electron chi connectivity index (χ2n) is 5.44. The molecule has 3 aromatic rings. The first-order chi connectivity index (χ1) is 13.3. The molecular weight excluding hydrogens is 382 g/mol. The molecule has 0 unspecified atom stereocenters. The van der Waals surface area contributed by atoms with Gasteiger partial charge in [0.05, 0.1) is 12.2 Å². The minimum atomic E-state index is -0.279. The highest BCUT2D eigenvalue weighted by molar-refractivity contribution is 8.00. The molecule has 0 radical (unpaired) electrons. The molecule has 140 valence electrons. The molecule has 2 aromatic carbocycles. The van der Waals surface area contributed by atoms with Gasteiger partial charge < -0.3 is 9.47 Å². The van der Waals surface area contributed by atoms with Crippen LogP contribution < -0.4 is 10.1 Å². The fraction of sp³-hybridized carbons (Fsp3) is 0.211. The van der Waals surface area contributed by atoms with E-state index in [-0.39, 0.29) is 5.91 Å². The number of amides is 1. The Bertz CT molecular complexity index is 871. The van der Waals surface area contributed by atoms with Gasteiger partial charge in [0, 0.05) is 12.9 Å². The van der Waals surface area contributed by atoms with Crippen LogP contribution in [-0.2, 0) is 10.5 Å². The SMILES string of the molecule is COCCOc1ccccc1C(=O)Nc1nnc(SCc2ccccc2)s1. The van der Waals surface area contributed by atoms with Crippen LogP contribution in [0.1, 0.15) is 15.9 Å². The van der Waals surface area contributed by atoms with E-state index in [1.165, 1.54) is 16.9 Å². The van der Waals surface area contributed by atoms with E-state index in [2.05, 4.69) is 27.6 Å². The largest absolute Gasteiger partial charge is 0.490 e. The highest BCUT2D eigenvalue weighted by Crippen LogP contribution is 2.29. The summed E-state index contributed by atoms with van der Waals surface area (Å²) in [7, 11) is 1.60. The average molecular weight is 402 g/mol. The first-order valence-electron chi connectivity index (χ1n) is 8.28. The lowest BCUT2D eigenvalue weighted by molar-refractivity contribution is 0.101. The Morgan fingerprint density at radius 3 is 2.67 bits per heavy atom. The second kappa shape index (κ2) is 10.1. The van der Waals surface area contributed by atoms with Crippen molar-refractivity contribution in [2.24, 2.45) is 0 Å². The number of carbonyl (C=O) groups excluding carboxylic acids is 1. The zero-order valence-electron chi connectivity index (χ0n) is 14.8. The number of nitrogens with zero attached hydrogens (tertiary/aromatic N) is 2. The standard InChI is InChI=1S/C19H19N3O3S2/c1-24-11-12-25-16-10-6-5-9-15(16)17(23)20-18-21-22-19(27-18)26-13-14-7-3-2-4-8-14/h2-10H,11-13H2,1H3,(H,20,21,23). The molecular formula is C19H19N3O3S2. The summed E-state index contributed by atoms with van der Waals surface area (Å²) in [4.78, 5) is 12.6. The van der Waals surface area contributed by atoms with Crippen LogP contribution in [-0.4, -0.2) is 36.4 Å². The number of benzene rings is 2. The number of ether oxygens (including phenoxy) is 2. The number of hydrogen-bond donors (Lipinski definition) is 1. The molecule has 0 aliphatic rings. The quantitative estimate of drug-likeness (QED) is 0.330. The van der Waals surface area contributed by atoms with Gasteiger partial charge in [-0.05, 0) is 17.7 Å². The van der Waals surface area contributed by atoms with Gasteiger partial charge in [0.2, 0.25) is 5.13 Å². The lowest BCUT2D eigenvalue weighted by Gasteiger charge is -2.10. The predicted octanol–water partition coefficient (Wildman–Crippen LogP) is 4.11. The van der Waals surface area contributed by atoms with E-state index in [4.69, 9.17) is 9.47 Å². The predicted molar refractivity (Wildman–Crippen MR) is 108 cm³/mol. The Morgan fingerprint density at radius 2 is 1.85 bits per heavy atom. The van der Waals surface area contributed by atoms with Crippen LogP contribution in [0.5, 0.6) is 5.75 Å². The fourth-order valence-electron chi connectivity index (χ4n) is 2.22. The van der Waals surface area contributed by atoms with Gasteiger partial charge in [-0.1, -0.05) is 65.6 Å². The minimum Gasteiger partial charge on any atom is -0.490 e. The van der Waals surface area contributed by atoms with Crippen LogP contribution in [0.15, 0.2) is 58.9 Å². The Balaban J connectivity index is 1.59. The summed E-state index contributed by atoms with van der Waals surface area (Å²) in [5.41, 5.74) is 1.66. The van der Waals surface area contributed by atoms with E-state index < -0.39 is 0 Å². The van der Waals surface area contributed by atoms with Gasteiger partial charge in [-0.15, -0.1) is 10.2 Å². The van der Waals surface area contributed by atoms with Crippen molar-refractivity contribution < 1.29 is 14.3 Å². The third kappa shape index (κ3) is 5.78. The number of carbonyl (C=O) groups is 1. The second-order valence-corrected chi connectivity index (χ2v) is 7.64. The molecule has 6 nitrogen and oxygen atoms in total. The molecule has 0 aliphatic heterocycles. The molecule has 1 heterocycles. The zero-order chi connectivity index (χ0) is 18.9. The maximum Gasteiger partial charge on any atom is 0.261 e. The van der Waals surface area contributed by atoms with E-state index in [1.54, 1.807) is 37.1 Å². The van der Waals surface area contributed by atoms with Gasteiger partial charge in [-0.25, -0.2) is 0 Å². The average Bonchev–Trinajstić information content (AvgIpc) is 3.15. The van der Waals surface area contributed by atoms with Crippen molar-refractivity contribution in [3.63, 3.8) is 0 Å². The Labute approximate surface area is 165 Å². The number of para-hydroxylation sites is 1. The molecule has 27 heavy (non-hydrogen) atoms. The summed E-state index contributed by atoms with van der Waals surface area (Å²) < 4.78 is 11.4. The third-order valence-electron chi connectivity index (χ3n) is 3.51. The highest BCUT2D eigenvalue weighted by Gasteiger charge is 2.15. The summed E-state index contributed by atoms with van der Waals surface area (Å²) in [6, 6.07) is 17.2. The minimum absolute atomic E-state index is 0.279. The van der Waals surface area contributed by atoms with E-state index >= 15 is 0 Å². The monoisotopic (exact) mass is 401 g/mol. The molecule has 0 saturated carbocycles. The van der Waals surface area contributed by atoms with Gasteiger partial charge in [0.25, 0.3) is 5.91 Å². The Morgan fingerprint density at radius 1 is 1.07 bits per heavy atom. The van der Waals surface area contributed by atoms with Gasteiger partial charge in [0.1, 0.15) is 12.4 Å². The molecule has 0 spiro atoms. The molecule has 8 heteroatoms. The number of anilines is 1. The molecule has 0 bridgehead atoms. The molecule has 1 N–H and O–H groups in total. The summed E-state index contributed by atoms with van der Waals surface area (Å²) in [6.07, 6.45) is 0. The highest BCUT2D eigenvalue weighted by atomic mass is 32.2. The summed E-state index contributed by atoms with van der Waals surface area (Å²) in [6.45, 7) is 0.828. The topological polar surface area (TPSA) is 73.3 Å². The van der Waals surface area contributed by atoms with E-state index in [9.17, 15) is 4.79 Å². The van der Waals surface area contributed by atoms with Crippen molar-refractivity contribution in [2.75, 3.05) is 25.6 Å². The molecule has 0 atom stereocenters. The van der Waals surface area contributed by atoms with Crippen molar-refractivity contribution >= 4 is 34.1 Å². The van der Waals surface area contributed by atoms with E-state index in [0.717, 1.165) is 10.1 Å². The normalized spacial score (nSPS) is 10.6. The molecule has 0 saturated heterocycles. The molecule has 0 aliphatic carbocycles. The number of thioether (sulfide) groups is 1. The van der Waals surface area contributed by atoms with E-state index in [0.29, 0.717) is 29.7 Å². The summed E-state index contributed by atoms with van der Waals surface area (Å²) in [5.74, 6) is 1.04. The van der Waals surface area contributed by atoms with Crippen LogP contribution in [0.25, 0.3) is 0 Å². The van der Waals surface area contributed by atoms with Gasteiger partial charge in [-0.3, -0.25) is 10.1 Å². The first kappa shape index (κ1) is 19.3. The van der Waals surface area contributed by atoms with Crippen LogP contribution in [0.3, 0.4) is 0 Å². The van der Waals surface area contributed by atoms with Crippen molar-refractivity contribution in [2.45, 2.75) is 10.1 Å². The third-order valence-corrected chi connectivity index (χ3v) is 5.55. The summed E-state index contributed by atoms with van der Waals surface area (Å²) >= 11 is 2.94. The number of hydrogen-bond acceptors (Lipinski definition) is 7. The lowest BCUT2D eigenvalue weighted by atomic mass is 10.2. The van der Waals surface area contributed by atoms with Gasteiger partial charge >= 0.3 is 0 Å². The fourth-order valence-corrected chi connectivity index (χ4v) is 3.92. The Hall–Kier alpha value is -2.42. The Kier molecular flexibility index (Phi) is 7.20. The van der Waals surface area contributed by atoms with Crippen LogP contribution >= 0.6 is 23.1 Å². The van der Waals surface area contributed by atoms with Gasteiger partial charge in [0.15, 0.2) is 4.34 Å².